The number of ether oxygens (including phenoxy) is 2. The van der Waals surface area contributed by atoms with E-state index < -0.39 is 0 Å². The fourth-order valence-corrected chi connectivity index (χ4v) is 2.63. The highest BCUT2D eigenvalue weighted by atomic mass is 16.7. The molecule has 0 amide bonds. The first-order valence-electron chi connectivity index (χ1n) is 6.93. The van der Waals surface area contributed by atoms with Gasteiger partial charge in [0.05, 0.1) is 11.6 Å². The van der Waals surface area contributed by atoms with Gasteiger partial charge in [-0.1, -0.05) is 24.3 Å². The Kier molecular flexibility index (Phi) is 2.84. The van der Waals surface area contributed by atoms with Gasteiger partial charge in [0.15, 0.2) is 11.5 Å². The Labute approximate surface area is 127 Å². The Hall–Kier alpha value is -3.19. The number of rotatable bonds is 2. The summed E-state index contributed by atoms with van der Waals surface area (Å²) >= 11 is 0. The molecule has 0 bridgehead atoms. The first kappa shape index (κ1) is 12.5. The molecular weight excluding hydrogens is 276 g/mol. The van der Waals surface area contributed by atoms with Crippen molar-refractivity contribution in [3.63, 3.8) is 0 Å². The van der Waals surface area contributed by atoms with Crippen molar-refractivity contribution < 1.29 is 9.47 Å². The smallest absolute Gasteiger partial charge is 0.231 e. The first-order valence-corrected chi connectivity index (χ1v) is 6.93. The summed E-state index contributed by atoms with van der Waals surface area (Å²) in [5.41, 5.74) is 3.43. The maximum atomic E-state index is 9.52. The number of benzene rings is 2. The zero-order chi connectivity index (χ0) is 14.9. The number of hydrogen-bond acceptors (Lipinski definition) is 3. The predicted molar refractivity (Wildman–Crippen MR) is 84.3 cm³/mol. The second kappa shape index (κ2) is 4.97. The lowest BCUT2D eigenvalue weighted by molar-refractivity contribution is 0.174. The minimum absolute atomic E-state index is 0.246. The van der Waals surface area contributed by atoms with Crippen molar-refractivity contribution >= 4 is 22.6 Å². The van der Waals surface area contributed by atoms with E-state index in [1.807, 2.05) is 54.7 Å². The van der Waals surface area contributed by atoms with Crippen molar-refractivity contribution in [1.82, 2.24) is 4.98 Å². The van der Waals surface area contributed by atoms with Gasteiger partial charge in [-0.2, -0.15) is 5.26 Å². The van der Waals surface area contributed by atoms with Gasteiger partial charge in [0, 0.05) is 22.7 Å². The highest BCUT2D eigenvalue weighted by Gasteiger charge is 2.13. The molecule has 1 aromatic heterocycles. The SMILES string of the molecule is N#CC(=Cc1ccc2c(c1)OCO2)c1c[nH]c2ccccc12. The average Bonchev–Trinajstić information content (AvgIpc) is 3.18. The van der Waals surface area contributed by atoms with Crippen LogP contribution >= 0.6 is 0 Å². The van der Waals surface area contributed by atoms with Crippen molar-refractivity contribution in [1.29, 1.82) is 5.26 Å². The summed E-state index contributed by atoms with van der Waals surface area (Å²) in [4.78, 5) is 3.19. The monoisotopic (exact) mass is 288 g/mol. The van der Waals surface area contributed by atoms with E-state index >= 15 is 0 Å². The second-order valence-corrected chi connectivity index (χ2v) is 5.03. The summed E-state index contributed by atoms with van der Waals surface area (Å²) < 4.78 is 10.7. The van der Waals surface area contributed by atoms with E-state index in [1.165, 1.54) is 0 Å². The number of hydrogen-bond donors (Lipinski definition) is 1. The van der Waals surface area contributed by atoms with Crippen LogP contribution in [-0.2, 0) is 0 Å². The lowest BCUT2D eigenvalue weighted by Gasteiger charge is -2.00. The second-order valence-electron chi connectivity index (χ2n) is 5.03. The summed E-state index contributed by atoms with van der Waals surface area (Å²) in [5.74, 6) is 1.45. The minimum Gasteiger partial charge on any atom is -0.454 e. The molecular formula is C18H12N2O2. The number of para-hydroxylation sites is 1. The molecule has 4 rings (SSSR count). The van der Waals surface area contributed by atoms with Gasteiger partial charge in [-0.25, -0.2) is 0 Å². The molecule has 2 aromatic carbocycles. The van der Waals surface area contributed by atoms with Crippen LogP contribution in [0.5, 0.6) is 11.5 Å². The van der Waals surface area contributed by atoms with E-state index in [0.29, 0.717) is 11.3 Å². The molecule has 22 heavy (non-hydrogen) atoms. The molecule has 0 spiro atoms. The normalized spacial score (nSPS) is 13.3. The van der Waals surface area contributed by atoms with Crippen LogP contribution in [-0.4, -0.2) is 11.8 Å². The van der Waals surface area contributed by atoms with Crippen LogP contribution in [0.15, 0.2) is 48.7 Å². The maximum absolute atomic E-state index is 9.52. The number of fused-ring (bicyclic) bond motifs is 2. The predicted octanol–water partition coefficient (Wildman–Crippen LogP) is 3.96. The van der Waals surface area contributed by atoms with E-state index in [4.69, 9.17) is 9.47 Å². The molecule has 0 radical (unpaired) electrons. The molecule has 0 saturated heterocycles. The number of nitrogens with zero attached hydrogens (tertiary/aromatic N) is 1. The molecule has 1 aliphatic rings. The van der Waals surface area contributed by atoms with Crippen LogP contribution in [0.3, 0.4) is 0 Å². The minimum atomic E-state index is 0.246. The van der Waals surface area contributed by atoms with E-state index in [-0.39, 0.29) is 6.79 Å². The molecule has 0 saturated carbocycles. The fraction of sp³-hybridized carbons (Fsp3) is 0.0556. The summed E-state index contributed by atoms with van der Waals surface area (Å²) in [5, 5.41) is 10.6. The van der Waals surface area contributed by atoms with E-state index in [0.717, 1.165) is 27.8 Å². The molecule has 1 N–H and O–H groups in total. The average molecular weight is 288 g/mol. The van der Waals surface area contributed by atoms with Crippen molar-refractivity contribution in [3.05, 3.63) is 59.8 Å². The Morgan fingerprint density at radius 2 is 2.00 bits per heavy atom. The Morgan fingerprint density at radius 3 is 2.91 bits per heavy atom. The lowest BCUT2D eigenvalue weighted by Crippen LogP contribution is -1.92. The van der Waals surface area contributed by atoms with Crippen molar-refractivity contribution in [2.45, 2.75) is 0 Å². The van der Waals surface area contributed by atoms with Crippen LogP contribution in [0, 0.1) is 11.3 Å². The molecule has 1 aliphatic heterocycles. The summed E-state index contributed by atoms with van der Waals surface area (Å²) in [6.07, 6.45) is 3.73. The van der Waals surface area contributed by atoms with Crippen molar-refractivity contribution in [2.75, 3.05) is 6.79 Å². The third kappa shape index (κ3) is 2.00. The standard InChI is InChI=1S/C18H12N2O2/c19-9-13(15-10-20-16-4-2-1-3-14(15)16)7-12-5-6-17-18(8-12)22-11-21-17/h1-8,10,20H,11H2. The third-order valence-electron chi connectivity index (χ3n) is 3.71. The Morgan fingerprint density at radius 1 is 1.14 bits per heavy atom. The van der Waals surface area contributed by atoms with Crippen LogP contribution in [0.2, 0.25) is 0 Å². The van der Waals surface area contributed by atoms with Gasteiger partial charge in [0.1, 0.15) is 0 Å². The molecule has 0 atom stereocenters. The molecule has 4 heteroatoms. The molecule has 106 valence electrons. The summed E-state index contributed by atoms with van der Waals surface area (Å²) in [6, 6.07) is 15.9. The zero-order valence-electron chi connectivity index (χ0n) is 11.7. The van der Waals surface area contributed by atoms with Crippen LogP contribution < -0.4 is 9.47 Å². The number of allylic oxidation sites excluding steroid dienone is 1. The quantitative estimate of drug-likeness (QED) is 0.726. The van der Waals surface area contributed by atoms with Gasteiger partial charge in [0.2, 0.25) is 6.79 Å². The summed E-state index contributed by atoms with van der Waals surface area (Å²) in [6.45, 7) is 0.246. The number of H-pyrrole nitrogens is 1. The van der Waals surface area contributed by atoms with Gasteiger partial charge in [-0.3, -0.25) is 0 Å². The van der Waals surface area contributed by atoms with Crippen LogP contribution in [0.25, 0.3) is 22.6 Å². The number of aromatic amines is 1. The molecule has 3 aromatic rings. The Bertz CT molecular complexity index is 932. The molecule has 0 unspecified atom stereocenters. The van der Waals surface area contributed by atoms with Crippen molar-refractivity contribution in [2.24, 2.45) is 0 Å². The van der Waals surface area contributed by atoms with E-state index in [9.17, 15) is 5.26 Å². The Balaban J connectivity index is 1.80. The molecule has 4 nitrogen and oxygen atoms in total. The number of nitriles is 1. The highest BCUT2D eigenvalue weighted by Crippen LogP contribution is 2.34. The lowest BCUT2D eigenvalue weighted by atomic mass is 10.0. The summed E-state index contributed by atoms with van der Waals surface area (Å²) in [7, 11) is 0. The van der Waals surface area contributed by atoms with Crippen LogP contribution in [0.4, 0.5) is 0 Å². The van der Waals surface area contributed by atoms with E-state index in [1.54, 1.807) is 0 Å². The first-order chi connectivity index (χ1) is 10.8. The largest absolute Gasteiger partial charge is 0.454 e. The number of aromatic nitrogens is 1. The molecule has 2 heterocycles. The van der Waals surface area contributed by atoms with Gasteiger partial charge in [0.25, 0.3) is 0 Å². The van der Waals surface area contributed by atoms with Gasteiger partial charge >= 0.3 is 0 Å². The van der Waals surface area contributed by atoms with Gasteiger partial charge in [-0.15, -0.1) is 0 Å². The molecule has 0 fully saturated rings. The molecule has 0 aliphatic carbocycles. The fourth-order valence-electron chi connectivity index (χ4n) is 2.63. The topological polar surface area (TPSA) is 58.0 Å². The van der Waals surface area contributed by atoms with E-state index in [2.05, 4.69) is 11.1 Å². The van der Waals surface area contributed by atoms with Crippen molar-refractivity contribution in [3.8, 4) is 17.6 Å². The van der Waals surface area contributed by atoms with Gasteiger partial charge in [-0.05, 0) is 29.8 Å². The van der Waals surface area contributed by atoms with Crippen LogP contribution in [0.1, 0.15) is 11.1 Å². The maximum Gasteiger partial charge on any atom is 0.231 e. The zero-order valence-corrected chi connectivity index (χ0v) is 11.7. The van der Waals surface area contributed by atoms with Gasteiger partial charge < -0.3 is 14.5 Å². The third-order valence-corrected chi connectivity index (χ3v) is 3.71. The highest BCUT2D eigenvalue weighted by molar-refractivity contribution is 6.01. The number of nitrogens with one attached hydrogen (secondary N) is 1.